The number of carbonyl (C=O) groups excluding carboxylic acids is 1. The van der Waals surface area contributed by atoms with Crippen LogP contribution in [0.3, 0.4) is 0 Å². The highest BCUT2D eigenvalue weighted by atomic mass is 16.5. The van der Waals surface area contributed by atoms with Crippen LogP contribution in [0.2, 0.25) is 0 Å². The number of hydrogen-bond acceptors (Lipinski definition) is 2. The molecule has 0 aliphatic heterocycles. The number of unbranched alkanes of at least 4 members (excludes halogenated alkanes) is 1. The van der Waals surface area contributed by atoms with E-state index in [2.05, 4.69) is 27.7 Å². The Labute approximate surface area is 113 Å². The van der Waals surface area contributed by atoms with Gasteiger partial charge in [0, 0.05) is 6.42 Å². The van der Waals surface area contributed by atoms with Crippen molar-refractivity contribution in [3.63, 3.8) is 0 Å². The molecule has 0 spiro atoms. The average molecular weight is 258 g/mol. The molecule has 3 heteroatoms. The van der Waals surface area contributed by atoms with Crippen molar-refractivity contribution >= 4 is 5.97 Å². The number of hydrogen-bond donors (Lipinski definition) is 0. The number of esters is 1. The molecule has 0 radical (unpaired) electrons. The molecule has 0 amide bonds. The highest BCUT2D eigenvalue weighted by Gasteiger charge is 2.23. The molecule has 18 heavy (non-hydrogen) atoms. The molecule has 0 saturated heterocycles. The molecule has 0 saturated carbocycles. The second-order valence-electron chi connectivity index (χ2n) is 5.15. The molecule has 0 fully saturated rings. The number of nitrogens with zero attached hydrogens (tertiary/aromatic N) is 1. The van der Waals surface area contributed by atoms with Crippen molar-refractivity contribution < 1.29 is 14.0 Å². The summed E-state index contributed by atoms with van der Waals surface area (Å²) in [7, 11) is 0. The van der Waals surface area contributed by atoms with E-state index in [0.717, 1.165) is 30.4 Å². The van der Waals surface area contributed by atoms with E-state index in [-0.39, 0.29) is 5.97 Å². The third kappa shape index (κ3) is 7.00. The Morgan fingerprint density at radius 3 is 2.00 bits per heavy atom. The quantitative estimate of drug-likeness (QED) is 0.419. The molecule has 0 atom stereocenters. The van der Waals surface area contributed by atoms with Gasteiger partial charge in [-0.3, -0.25) is 4.79 Å². The van der Waals surface area contributed by atoms with Crippen molar-refractivity contribution in [3.8, 4) is 0 Å². The number of carbonyl (C=O) groups is 1. The lowest BCUT2D eigenvalue weighted by Gasteiger charge is -2.37. The summed E-state index contributed by atoms with van der Waals surface area (Å²) in [6, 6.07) is 0. The van der Waals surface area contributed by atoms with E-state index in [1.807, 2.05) is 0 Å². The molecule has 0 aromatic rings. The fraction of sp³-hybridized carbons (Fsp3) is 0.933. The van der Waals surface area contributed by atoms with Gasteiger partial charge in [-0.05, 0) is 26.2 Å². The first-order valence-electron chi connectivity index (χ1n) is 7.64. The number of rotatable bonds is 11. The van der Waals surface area contributed by atoms with Gasteiger partial charge in [-0.1, -0.05) is 27.2 Å². The maximum Gasteiger partial charge on any atom is 0.305 e. The smallest absolute Gasteiger partial charge is 0.305 e. The first-order chi connectivity index (χ1) is 8.64. The molecule has 0 aromatic carbocycles. The number of quaternary nitrogens is 1. The summed E-state index contributed by atoms with van der Waals surface area (Å²) in [5.74, 6) is -0.0287. The minimum absolute atomic E-state index is 0.0287. The Balaban J connectivity index is 4.05. The molecular formula is C15H32NO2+. The van der Waals surface area contributed by atoms with E-state index < -0.39 is 0 Å². The van der Waals surface area contributed by atoms with Crippen LogP contribution in [0.5, 0.6) is 0 Å². The molecule has 0 aliphatic rings. The fourth-order valence-corrected chi connectivity index (χ4v) is 2.50. The van der Waals surface area contributed by atoms with Gasteiger partial charge >= 0.3 is 5.97 Å². The maximum absolute atomic E-state index is 11.5. The van der Waals surface area contributed by atoms with Crippen molar-refractivity contribution in [2.45, 2.75) is 59.8 Å². The molecule has 0 bridgehead atoms. The lowest BCUT2D eigenvalue weighted by atomic mass is 10.2. The second-order valence-corrected chi connectivity index (χ2v) is 5.15. The summed E-state index contributed by atoms with van der Waals surface area (Å²) < 4.78 is 6.43. The summed E-state index contributed by atoms with van der Waals surface area (Å²) in [5.41, 5.74) is 0. The predicted molar refractivity (Wildman–Crippen MR) is 76.5 cm³/mol. The highest BCUT2D eigenvalue weighted by Crippen LogP contribution is 2.10. The summed E-state index contributed by atoms with van der Waals surface area (Å²) in [6.45, 7) is 13.9. The van der Waals surface area contributed by atoms with Gasteiger partial charge < -0.3 is 9.22 Å². The van der Waals surface area contributed by atoms with Crippen LogP contribution in [-0.2, 0) is 9.53 Å². The first kappa shape index (κ1) is 17.4. The van der Waals surface area contributed by atoms with Gasteiger partial charge in [0.2, 0.25) is 0 Å². The second kappa shape index (κ2) is 10.4. The molecule has 0 aromatic heterocycles. The van der Waals surface area contributed by atoms with Crippen LogP contribution in [0.25, 0.3) is 0 Å². The summed E-state index contributed by atoms with van der Waals surface area (Å²) >= 11 is 0. The Hall–Kier alpha value is -0.570. The van der Waals surface area contributed by atoms with Crippen molar-refractivity contribution in [2.75, 3.05) is 32.8 Å². The van der Waals surface area contributed by atoms with Crippen LogP contribution in [0, 0.1) is 0 Å². The standard InChI is InChI=1S/C15H32NO2/c1-5-9-10-15(17)18-14-13-16(8-4,11-6-2)12-7-3/h5-14H2,1-4H3/q+1. The van der Waals surface area contributed by atoms with Crippen LogP contribution in [0.15, 0.2) is 0 Å². The van der Waals surface area contributed by atoms with Gasteiger partial charge in [-0.2, -0.15) is 0 Å². The van der Waals surface area contributed by atoms with Crippen LogP contribution < -0.4 is 0 Å². The fourth-order valence-electron chi connectivity index (χ4n) is 2.50. The van der Waals surface area contributed by atoms with Crippen molar-refractivity contribution in [3.05, 3.63) is 0 Å². The van der Waals surface area contributed by atoms with Gasteiger partial charge in [0.1, 0.15) is 13.2 Å². The van der Waals surface area contributed by atoms with Gasteiger partial charge in [-0.25, -0.2) is 0 Å². The Kier molecular flexibility index (Phi) is 10.0. The topological polar surface area (TPSA) is 26.3 Å². The lowest BCUT2D eigenvalue weighted by molar-refractivity contribution is -0.926. The minimum Gasteiger partial charge on any atom is -0.460 e. The normalized spacial score (nSPS) is 11.6. The predicted octanol–water partition coefficient (Wildman–Crippen LogP) is 3.38. The summed E-state index contributed by atoms with van der Waals surface area (Å²) in [4.78, 5) is 11.5. The molecule has 3 nitrogen and oxygen atoms in total. The van der Waals surface area contributed by atoms with Crippen molar-refractivity contribution in [1.82, 2.24) is 0 Å². The summed E-state index contributed by atoms with van der Waals surface area (Å²) in [6.07, 6.45) is 4.95. The Morgan fingerprint density at radius 2 is 1.56 bits per heavy atom. The van der Waals surface area contributed by atoms with Gasteiger partial charge in [0.05, 0.1) is 19.6 Å². The van der Waals surface area contributed by atoms with E-state index in [1.54, 1.807) is 0 Å². The molecule has 0 N–H and O–H groups in total. The summed E-state index contributed by atoms with van der Waals surface area (Å²) in [5, 5.41) is 0. The Bertz CT molecular complexity index is 211. The monoisotopic (exact) mass is 258 g/mol. The lowest BCUT2D eigenvalue weighted by Crippen LogP contribution is -2.51. The number of ether oxygens (including phenoxy) is 1. The minimum atomic E-state index is -0.0287. The molecular weight excluding hydrogens is 226 g/mol. The van der Waals surface area contributed by atoms with Gasteiger partial charge in [0.25, 0.3) is 0 Å². The van der Waals surface area contributed by atoms with Crippen LogP contribution >= 0.6 is 0 Å². The van der Waals surface area contributed by atoms with Gasteiger partial charge in [-0.15, -0.1) is 0 Å². The van der Waals surface area contributed by atoms with Crippen molar-refractivity contribution in [1.29, 1.82) is 0 Å². The van der Waals surface area contributed by atoms with Crippen LogP contribution in [0.1, 0.15) is 59.8 Å². The molecule has 0 aliphatic carbocycles. The largest absolute Gasteiger partial charge is 0.460 e. The molecule has 108 valence electrons. The van der Waals surface area contributed by atoms with E-state index >= 15 is 0 Å². The first-order valence-corrected chi connectivity index (χ1v) is 7.64. The third-order valence-corrected chi connectivity index (χ3v) is 3.63. The Morgan fingerprint density at radius 1 is 0.944 bits per heavy atom. The third-order valence-electron chi connectivity index (χ3n) is 3.63. The SMILES string of the molecule is CCCCC(=O)OCC[N+](CC)(CCC)CCC. The van der Waals surface area contributed by atoms with Gasteiger partial charge in [0.15, 0.2) is 0 Å². The molecule has 0 unspecified atom stereocenters. The van der Waals surface area contributed by atoms with Crippen LogP contribution in [0.4, 0.5) is 0 Å². The number of likely N-dealkylation sites (N-methyl/N-ethyl adjacent to an activating group) is 1. The highest BCUT2D eigenvalue weighted by molar-refractivity contribution is 5.69. The maximum atomic E-state index is 11.5. The average Bonchev–Trinajstić information content (AvgIpc) is 2.36. The molecule has 0 heterocycles. The van der Waals surface area contributed by atoms with Crippen LogP contribution in [-0.4, -0.2) is 43.2 Å². The van der Waals surface area contributed by atoms with E-state index in [1.165, 1.54) is 25.9 Å². The molecule has 0 rings (SSSR count). The zero-order valence-corrected chi connectivity index (χ0v) is 12.8. The van der Waals surface area contributed by atoms with E-state index in [9.17, 15) is 4.79 Å². The van der Waals surface area contributed by atoms with E-state index in [4.69, 9.17) is 4.74 Å². The zero-order valence-electron chi connectivity index (χ0n) is 12.8. The zero-order chi connectivity index (χ0) is 13.9. The van der Waals surface area contributed by atoms with Crippen molar-refractivity contribution in [2.24, 2.45) is 0 Å². The van der Waals surface area contributed by atoms with E-state index in [0.29, 0.717) is 13.0 Å².